The van der Waals surface area contributed by atoms with Crippen LogP contribution in [0.2, 0.25) is 0 Å². The third-order valence-corrected chi connectivity index (χ3v) is 2.95. The first-order valence-electron chi connectivity index (χ1n) is 5.93. The zero-order valence-electron chi connectivity index (χ0n) is 10.3. The van der Waals surface area contributed by atoms with E-state index < -0.39 is 0 Å². The molecule has 0 bridgehead atoms. The number of carbonyl (C=O) groups excluding carboxylic acids is 1. The maximum absolute atomic E-state index is 10.8. The first kappa shape index (κ1) is 12.6. The molecule has 3 heteroatoms. The number of carbonyl (C=O) groups is 1. The minimum absolute atomic E-state index is 0.0361. The van der Waals surface area contributed by atoms with E-state index in [0.29, 0.717) is 0 Å². The Kier molecular flexibility index (Phi) is 3.95. The highest BCUT2D eigenvalue weighted by atomic mass is 16.5. The number of hydrogen-bond acceptors (Lipinski definition) is 3. The molecule has 0 heterocycles. The number of hydrogen-bond donors (Lipinski definition) is 1. The van der Waals surface area contributed by atoms with Crippen LogP contribution in [-0.4, -0.2) is 24.3 Å². The molecule has 0 saturated heterocycles. The van der Waals surface area contributed by atoms with Crippen molar-refractivity contribution in [2.24, 2.45) is 0 Å². The second-order valence-corrected chi connectivity index (χ2v) is 4.29. The van der Waals surface area contributed by atoms with Gasteiger partial charge in [0.1, 0.15) is 6.61 Å². The molecule has 1 unspecified atom stereocenters. The monoisotopic (exact) mass is 244 g/mol. The lowest BCUT2D eigenvalue weighted by Gasteiger charge is -2.15. The van der Waals surface area contributed by atoms with Crippen LogP contribution < -0.4 is 0 Å². The normalized spacial score (nSPS) is 12.3. The van der Waals surface area contributed by atoms with Gasteiger partial charge in [-0.15, -0.1) is 0 Å². The molecule has 0 radical (unpaired) electrons. The van der Waals surface area contributed by atoms with Gasteiger partial charge in [0.05, 0.1) is 6.61 Å². The van der Waals surface area contributed by atoms with E-state index >= 15 is 0 Å². The van der Waals surface area contributed by atoms with E-state index in [2.05, 4.69) is 0 Å². The second-order valence-electron chi connectivity index (χ2n) is 4.29. The Morgan fingerprint density at radius 1 is 1.22 bits per heavy atom. The summed E-state index contributed by atoms with van der Waals surface area (Å²) in [6, 6.07) is 14.0. The molecule has 1 N–H and O–H groups in total. The summed E-state index contributed by atoms with van der Waals surface area (Å²) in [5, 5.41) is 11.7. The first-order chi connectivity index (χ1) is 8.70. The highest BCUT2D eigenvalue weighted by Crippen LogP contribution is 2.22. The Hall–Kier alpha value is -1.87. The van der Waals surface area contributed by atoms with E-state index in [0.717, 1.165) is 16.3 Å². The van der Waals surface area contributed by atoms with Gasteiger partial charge >= 0.3 is 5.97 Å². The van der Waals surface area contributed by atoms with Gasteiger partial charge in [0.25, 0.3) is 0 Å². The minimum Gasteiger partial charge on any atom is -0.465 e. The largest absolute Gasteiger partial charge is 0.465 e. The van der Waals surface area contributed by atoms with Gasteiger partial charge in [-0.2, -0.15) is 0 Å². The standard InChI is InChI=1S/C15H16O3/c1-11(17)18-10-15(9-16)14-7-6-12-4-2-3-5-13(12)8-14/h2-8,15-16H,9-10H2,1H3. The number of aliphatic hydroxyl groups excluding tert-OH is 1. The lowest BCUT2D eigenvalue weighted by molar-refractivity contribution is -0.141. The molecular weight excluding hydrogens is 228 g/mol. The van der Waals surface area contributed by atoms with Crippen LogP contribution in [0.15, 0.2) is 42.5 Å². The van der Waals surface area contributed by atoms with Crippen LogP contribution in [0.4, 0.5) is 0 Å². The molecule has 2 aromatic rings. The molecular formula is C15H16O3. The van der Waals surface area contributed by atoms with Crippen molar-refractivity contribution in [2.75, 3.05) is 13.2 Å². The van der Waals surface area contributed by atoms with E-state index in [4.69, 9.17) is 4.74 Å². The SMILES string of the molecule is CC(=O)OCC(CO)c1ccc2ccccc2c1. The molecule has 0 aromatic heterocycles. The van der Waals surface area contributed by atoms with Gasteiger partial charge in [0.15, 0.2) is 0 Å². The smallest absolute Gasteiger partial charge is 0.302 e. The Balaban J connectivity index is 2.24. The topological polar surface area (TPSA) is 46.5 Å². The van der Waals surface area contributed by atoms with Crippen molar-refractivity contribution in [3.05, 3.63) is 48.0 Å². The van der Waals surface area contributed by atoms with Crippen LogP contribution in [0.25, 0.3) is 10.8 Å². The number of esters is 1. The second kappa shape index (κ2) is 5.65. The van der Waals surface area contributed by atoms with Crippen LogP contribution in [0.5, 0.6) is 0 Å². The fourth-order valence-electron chi connectivity index (χ4n) is 1.93. The van der Waals surface area contributed by atoms with Crippen molar-refractivity contribution in [2.45, 2.75) is 12.8 Å². The van der Waals surface area contributed by atoms with Gasteiger partial charge in [0, 0.05) is 12.8 Å². The molecule has 2 aromatic carbocycles. The quantitative estimate of drug-likeness (QED) is 0.840. The first-order valence-corrected chi connectivity index (χ1v) is 5.93. The summed E-state index contributed by atoms with van der Waals surface area (Å²) in [6.07, 6.45) is 0. The Labute approximate surface area is 106 Å². The van der Waals surface area contributed by atoms with Crippen molar-refractivity contribution in [1.29, 1.82) is 0 Å². The maximum atomic E-state index is 10.8. The summed E-state index contributed by atoms with van der Waals surface area (Å²) in [5.74, 6) is -0.493. The predicted octanol–water partition coefficient (Wildman–Crippen LogP) is 2.48. The Morgan fingerprint density at radius 3 is 2.61 bits per heavy atom. The van der Waals surface area contributed by atoms with Crippen LogP contribution >= 0.6 is 0 Å². The summed E-state index contributed by atoms with van der Waals surface area (Å²) < 4.78 is 4.96. The zero-order valence-corrected chi connectivity index (χ0v) is 10.3. The van der Waals surface area contributed by atoms with E-state index in [1.54, 1.807) is 0 Å². The third kappa shape index (κ3) is 2.87. The molecule has 2 rings (SSSR count). The van der Waals surface area contributed by atoms with Crippen molar-refractivity contribution in [3.63, 3.8) is 0 Å². The van der Waals surface area contributed by atoms with Crippen LogP contribution in [0, 0.1) is 0 Å². The highest BCUT2D eigenvalue weighted by Gasteiger charge is 2.12. The number of aliphatic hydroxyl groups is 1. The van der Waals surface area contributed by atoms with Gasteiger partial charge in [-0.05, 0) is 16.3 Å². The summed E-state index contributed by atoms with van der Waals surface area (Å²) in [5.41, 5.74) is 0.984. The van der Waals surface area contributed by atoms with Gasteiger partial charge in [-0.25, -0.2) is 0 Å². The molecule has 0 fully saturated rings. The number of ether oxygens (including phenoxy) is 1. The van der Waals surface area contributed by atoms with Crippen LogP contribution in [-0.2, 0) is 9.53 Å². The van der Waals surface area contributed by atoms with E-state index in [9.17, 15) is 9.90 Å². The van der Waals surface area contributed by atoms with Crippen LogP contribution in [0.3, 0.4) is 0 Å². The molecule has 0 aliphatic heterocycles. The molecule has 0 saturated carbocycles. The lowest BCUT2D eigenvalue weighted by atomic mass is 9.97. The van der Waals surface area contributed by atoms with E-state index in [1.807, 2.05) is 42.5 Å². The van der Waals surface area contributed by atoms with E-state index in [-0.39, 0.29) is 25.1 Å². The predicted molar refractivity (Wildman–Crippen MR) is 70.4 cm³/mol. The van der Waals surface area contributed by atoms with Gasteiger partial charge in [0.2, 0.25) is 0 Å². The maximum Gasteiger partial charge on any atom is 0.302 e. The molecule has 1 atom stereocenters. The summed E-state index contributed by atoms with van der Waals surface area (Å²) in [4.78, 5) is 10.8. The lowest BCUT2D eigenvalue weighted by Crippen LogP contribution is -2.14. The average Bonchev–Trinajstić information content (AvgIpc) is 2.39. The third-order valence-electron chi connectivity index (χ3n) is 2.95. The summed E-state index contributed by atoms with van der Waals surface area (Å²) >= 11 is 0. The highest BCUT2D eigenvalue weighted by molar-refractivity contribution is 5.83. The molecule has 0 amide bonds. The zero-order chi connectivity index (χ0) is 13.0. The minimum atomic E-state index is -0.325. The number of rotatable bonds is 4. The average molecular weight is 244 g/mol. The Morgan fingerprint density at radius 2 is 1.94 bits per heavy atom. The van der Waals surface area contributed by atoms with Crippen LogP contribution in [0.1, 0.15) is 18.4 Å². The van der Waals surface area contributed by atoms with Crippen molar-refractivity contribution in [1.82, 2.24) is 0 Å². The van der Waals surface area contributed by atoms with Gasteiger partial charge < -0.3 is 9.84 Å². The molecule has 0 aliphatic carbocycles. The summed E-state index contributed by atoms with van der Waals surface area (Å²) in [7, 11) is 0. The van der Waals surface area contributed by atoms with Gasteiger partial charge in [-0.1, -0.05) is 42.5 Å². The molecule has 3 nitrogen and oxygen atoms in total. The van der Waals surface area contributed by atoms with Crippen molar-refractivity contribution in [3.8, 4) is 0 Å². The molecule has 18 heavy (non-hydrogen) atoms. The molecule has 0 aliphatic rings. The Bertz CT molecular complexity index is 548. The van der Waals surface area contributed by atoms with Gasteiger partial charge in [-0.3, -0.25) is 4.79 Å². The molecule has 94 valence electrons. The molecule has 0 spiro atoms. The number of benzene rings is 2. The van der Waals surface area contributed by atoms with Crippen molar-refractivity contribution >= 4 is 16.7 Å². The fraction of sp³-hybridized carbons (Fsp3) is 0.267. The van der Waals surface area contributed by atoms with E-state index in [1.165, 1.54) is 6.92 Å². The fourth-order valence-corrected chi connectivity index (χ4v) is 1.93. The van der Waals surface area contributed by atoms with Crippen molar-refractivity contribution < 1.29 is 14.6 Å². The number of fused-ring (bicyclic) bond motifs is 1. The summed E-state index contributed by atoms with van der Waals surface area (Å²) in [6.45, 7) is 1.55.